The molecule has 4 saturated heterocycles. The molecule has 1 unspecified atom stereocenters. The number of methoxy groups -OCH3 is 1. The Morgan fingerprint density at radius 2 is 1.21 bits per heavy atom. The summed E-state index contributed by atoms with van der Waals surface area (Å²) in [6, 6.07) is 14.8. The van der Waals surface area contributed by atoms with Gasteiger partial charge in [-0.3, -0.25) is 38.5 Å². The fraction of sp³-hybridized carbons (Fsp3) is 0.569. The molecule has 6 amide bonds. The number of nitrogens with zero attached hydrogens (tertiary/aromatic N) is 8. The van der Waals surface area contributed by atoms with E-state index in [9.17, 15) is 42.7 Å². The summed E-state index contributed by atoms with van der Waals surface area (Å²) >= 11 is 0. The highest BCUT2D eigenvalue weighted by atomic mass is 19.1. The zero-order valence-electron chi connectivity index (χ0n) is 51.7. The average molecular weight is 1230 g/mol. The Hall–Kier alpha value is -7.54. The standard InChI is InChI=1S/C65H90F2N14O8/c1-5-78(77-75-59(48-26-30-50(67)31-27-48)73-63(86)57-35-33-52-17-7-9-19-54(65(88)81(52)57)70-60(83)43(2)68-36-40-82)38-12-10-14-45-20-22-46(23-21-45)15-11-13-39-79-42-55(74-76-79)58(47-24-28-49(66)29-25-47)72-62(85)56-34-32-51-16-6-8-18-53(64(87)80(51)56)71-61(84)44(3)69-37-41-89-4/h5,20-31,42-44,51-54,56-59,68-69,82H,1,6-19,32-41H2,2-4H3,(H,70,83)(H,71,84)(H,72,85)(H,73,86)/t43-,44-,51-,52-,53-,54-,56-,57-,58-,59?/m0/s1. The van der Waals surface area contributed by atoms with Crippen LogP contribution in [0.1, 0.15) is 157 Å². The summed E-state index contributed by atoms with van der Waals surface area (Å²) in [7, 11) is 1.59. The van der Waals surface area contributed by atoms with E-state index in [-0.39, 0.29) is 54.8 Å². The number of fused-ring (bicyclic) bond motifs is 2. The van der Waals surface area contributed by atoms with Gasteiger partial charge in [-0.1, -0.05) is 91.2 Å². The average Bonchev–Trinajstić information content (AvgIpc) is 2.03. The highest BCUT2D eigenvalue weighted by molar-refractivity contribution is 5.95. The number of benzene rings is 3. The second-order valence-electron chi connectivity index (χ2n) is 23.9. The van der Waals surface area contributed by atoms with Crippen molar-refractivity contribution in [2.24, 2.45) is 10.3 Å². The van der Waals surface area contributed by atoms with E-state index in [1.54, 1.807) is 65.0 Å². The Labute approximate surface area is 520 Å². The zero-order chi connectivity index (χ0) is 63.2. The number of rotatable bonds is 31. The summed E-state index contributed by atoms with van der Waals surface area (Å²) in [5, 5.41) is 46.7. The maximum Gasteiger partial charge on any atom is 0.246 e. The number of halogens is 2. The number of ether oxygens (including phenoxy) is 1. The second kappa shape index (κ2) is 33.9. The van der Waals surface area contributed by atoms with E-state index in [0.29, 0.717) is 81.6 Å². The quantitative estimate of drug-likeness (QED) is 0.0169. The number of carbonyl (C=O) groups excluding carboxylic acids is 6. The SMILES string of the molecule is C=CN(CCCCc1ccc(CCCCn2cc([C@@H](NC(=O)[C@@H]3CC[C@@H]4CCCC[C@H](NC(=O)[C@H](C)NCCOC)C(=O)N43)c3ccc(F)cc3)nn2)cc1)N=NC(NC(=O)[C@@H]1CC[C@@H]2CCCC[C@H](NC(=O)[C@H](C)NCCO)C(=O)N21)c1ccc(F)cc1. The van der Waals surface area contributed by atoms with Crippen molar-refractivity contribution >= 4 is 35.4 Å². The smallest absolute Gasteiger partial charge is 0.246 e. The van der Waals surface area contributed by atoms with Crippen LogP contribution in [0.2, 0.25) is 0 Å². The number of aliphatic hydroxyl groups excluding tert-OH is 1. The van der Waals surface area contributed by atoms with Crippen LogP contribution in [0.4, 0.5) is 8.78 Å². The molecule has 0 radical (unpaired) electrons. The maximum absolute atomic E-state index is 14.4. The third-order valence-corrected chi connectivity index (χ3v) is 17.5. The lowest BCUT2D eigenvalue weighted by Gasteiger charge is -2.36. The van der Waals surface area contributed by atoms with Crippen LogP contribution in [0, 0.1) is 11.6 Å². The van der Waals surface area contributed by atoms with Gasteiger partial charge in [0.15, 0.2) is 6.17 Å². The minimum atomic E-state index is -0.996. The summed E-state index contributed by atoms with van der Waals surface area (Å²) in [6.07, 6.45) is 15.2. The first-order chi connectivity index (χ1) is 43.1. The van der Waals surface area contributed by atoms with Gasteiger partial charge >= 0.3 is 0 Å². The third-order valence-electron chi connectivity index (χ3n) is 17.5. The zero-order valence-corrected chi connectivity index (χ0v) is 51.7. The van der Waals surface area contributed by atoms with Gasteiger partial charge in [0.25, 0.3) is 0 Å². The van der Waals surface area contributed by atoms with Crippen molar-refractivity contribution in [3.63, 3.8) is 0 Å². The van der Waals surface area contributed by atoms with Gasteiger partial charge in [0.1, 0.15) is 41.5 Å². The summed E-state index contributed by atoms with van der Waals surface area (Å²) in [5.41, 5.74) is 3.99. The lowest BCUT2D eigenvalue weighted by molar-refractivity contribution is -0.144. The fourth-order valence-corrected chi connectivity index (χ4v) is 12.5. The minimum absolute atomic E-state index is 0.130. The lowest BCUT2D eigenvalue weighted by atomic mass is 9.98. The topological polar surface area (TPSA) is 269 Å². The van der Waals surface area contributed by atoms with E-state index in [0.717, 1.165) is 77.0 Å². The lowest BCUT2D eigenvalue weighted by Crippen LogP contribution is -2.58. The van der Waals surface area contributed by atoms with Crippen LogP contribution in [0.5, 0.6) is 0 Å². The van der Waals surface area contributed by atoms with Gasteiger partial charge < -0.3 is 51.5 Å². The van der Waals surface area contributed by atoms with Crippen molar-refractivity contribution in [3.8, 4) is 0 Å². The monoisotopic (exact) mass is 1230 g/mol. The fourth-order valence-electron chi connectivity index (χ4n) is 12.5. The molecule has 1 aromatic heterocycles. The number of aryl methyl sites for hydroxylation is 3. The molecular formula is C65H90F2N14O8. The molecule has 4 aliphatic heterocycles. The molecule has 4 aliphatic rings. The molecule has 4 aromatic rings. The first-order valence-corrected chi connectivity index (χ1v) is 31.9. The second-order valence-corrected chi connectivity index (χ2v) is 23.9. The van der Waals surface area contributed by atoms with Crippen LogP contribution in [0.3, 0.4) is 0 Å². The molecule has 482 valence electrons. The molecule has 7 N–H and O–H groups in total. The number of unbranched alkanes of at least 4 members (excludes halogenated alkanes) is 2. The molecule has 8 rings (SSSR count). The number of carbonyl (C=O) groups is 6. The van der Waals surface area contributed by atoms with E-state index in [1.807, 2.05) is 0 Å². The number of hydrogen-bond acceptors (Lipinski definition) is 14. The van der Waals surface area contributed by atoms with E-state index in [2.05, 4.69) is 83.4 Å². The summed E-state index contributed by atoms with van der Waals surface area (Å²) < 4.78 is 35.2. The van der Waals surface area contributed by atoms with Crippen molar-refractivity contribution in [1.29, 1.82) is 0 Å². The van der Waals surface area contributed by atoms with Crippen LogP contribution in [-0.2, 0) is 52.9 Å². The van der Waals surface area contributed by atoms with Gasteiger partial charge in [-0.25, -0.2) is 8.78 Å². The van der Waals surface area contributed by atoms with Gasteiger partial charge in [-0.15, -0.1) is 10.2 Å². The number of hydrogen-bond donors (Lipinski definition) is 7. The molecule has 89 heavy (non-hydrogen) atoms. The van der Waals surface area contributed by atoms with Crippen molar-refractivity contribution in [2.45, 2.75) is 197 Å². The summed E-state index contributed by atoms with van der Waals surface area (Å²) in [6.45, 7) is 9.44. The van der Waals surface area contributed by atoms with E-state index in [1.165, 1.54) is 47.5 Å². The van der Waals surface area contributed by atoms with Gasteiger partial charge in [0.05, 0.1) is 37.5 Å². The number of aromatic nitrogens is 3. The Morgan fingerprint density at radius 1 is 0.697 bits per heavy atom. The molecule has 0 aliphatic carbocycles. The van der Waals surface area contributed by atoms with Crippen LogP contribution in [0.25, 0.3) is 0 Å². The van der Waals surface area contributed by atoms with E-state index in [4.69, 9.17) is 4.74 Å². The third kappa shape index (κ3) is 19.0. The molecule has 0 spiro atoms. The molecule has 24 heteroatoms. The maximum atomic E-state index is 14.4. The van der Waals surface area contributed by atoms with Crippen LogP contribution >= 0.6 is 0 Å². The first-order valence-electron chi connectivity index (χ1n) is 31.9. The molecule has 22 nitrogen and oxygen atoms in total. The molecule has 0 bridgehead atoms. The normalized spacial score (nSPS) is 21.7. The molecule has 10 atom stereocenters. The highest BCUT2D eigenvalue weighted by Crippen LogP contribution is 2.34. The van der Waals surface area contributed by atoms with Crippen molar-refractivity contribution < 1.29 is 47.4 Å². The predicted octanol–water partition coefficient (Wildman–Crippen LogP) is 6.17. The molecular weight excluding hydrogens is 1140 g/mol. The van der Waals surface area contributed by atoms with E-state index < -0.39 is 66.0 Å². The van der Waals surface area contributed by atoms with Gasteiger partial charge in [-0.05, 0) is 150 Å². The highest BCUT2D eigenvalue weighted by Gasteiger charge is 2.46. The van der Waals surface area contributed by atoms with Crippen LogP contribution in [-0.4, -0.2) is 159 Å². The van der Waals surface area contributed by atoms with Gasteiger partial charge in [-0.2, -0.15) is 0 Å². The molecule has 3 aromatic carbocycles. The first kappa shape index (κ1) is 67.4. The number of amides is 6. The number of aliphatic hydroxyl groups is 1. The van der Waals surface area contributed by atoms with E-state index >= 15 is 0 Å². The van der Waals surface area contributed by atoms with Crippen molar-refractivity contribution in [1.82, 2.24) is 61.7 Å². The van der Waals surface area contributed by atoms with Crippen molar-refractivity contribution in [2.75, 3.05) is 40.0 Å². The largest absolute Gasteiger partial charge is 0.395 e. The molecule has 0 saturated carbocycles. The van der Waals surface area contributed by atoms with Gasteiger partial charge in [0.2, 0.25) is 35.4 Å². The van der Waals surface area contributed by atoms with Crippen molar-refractivity contribution in [3.05, 3.63) is 131 Å². The number of nitrogens with one attached hydrogen (secondary N) is 6. The Morgan fingerprint density at radius 3 is 1.75 bits per heavy atom. The summed E-state index contributed by atoms with van der Waals surface area (Å²) in [5.74, 6) is -2.86. The van der Waals surface area contributed by atoms with Crippen LogP contribution in [0.15, 0.2) is 102 Å². The Kier molecular flexibility index (Phi) is 25.7. The minimum Gasteiger partial charge on any atom is -0.395 e. The summed E-state index contributed by atoms with van der Waals surface area (Å²) in [4.78, 5) is 86.5. The molecule has 5 heterocycles. The molecule has 4 fully saturated rings. The Balaban J connectivity index is 0.800. The van der Waals surface area contributed by atoms with Gasteiger partial charge in [0, 0.05) is 51.6 Å². The van der Waals surface area contributed by atoms with Crippen LogP contribution < -0.4 is 31.9 Å². The predicted molar refractivity (Wildman–Crippen MR) is 330 cm³/mol. The Bertz CT molecular complexity index is 2990.